The van der Waals surface area contributed by atoms with Gasteiger partial charge in [0.2, 0.25) is 0 Å². The van der Waals surface area contributed by atoms with E-state index in [0.29, 0.717) is 42.8 Å². The van der Waals surface area contributed by atoms with Crippen LogP contribution in [0.2, 0.25) is 0 Å². The smallest absolute Gasteiger partial charge is 0.483 e. The molecule has 0 saturated carbocycles. The Hall–Kier alpha value is -3.35. The van der Waals surface area contributed by atoms with Crippen molar-refractivity contribution in [1.29, 1.82) is 0 Å². The molecule has 0 aliphatic carbocycles. The fraction of sp³-hybridized carbons (Fsp3) is 0.364. The molecule has 2 aromatic carbocycles. The van der Waals surface area contributed by atoms with Gasteiger partial charge in [0.15, 0.2) is 6.61 Å². The normalized spacial score (nSPS) is 19.8. The molecule has 5 rings (SSSR count). The van der Waals surface area contributed by atoms with Crippen molar-refractivity contribution in [3.05, 3.63) is 46.4 Å². The van der Waals surface area contributed by atoms with Crippen LogP contribution in [-0.4, -0.2) is 76.2 Å². The third-order valence-electron chi connectivity index (χ3n) is 6.18. The molecule has 9 nitrogen and oxygen atoms in total. The van der Waals surface area contributed by atoms with E-state index in [0.717, 1.165) is 12.1 Å². The number of alkyl halides is 3. The summed E-state index contributed by atoms with van der Waals surface area (Å²) in [6.07, 6.45) is -4.80. The van der Waals surface area contributed by atoms with Gasteiger partial charge in [0.25, 0.3) is 11.8 Å². The number of aromatic amines is 1. The average molecular weight is 554 g/mol. The standard InChI is InChI=1S/C22H19BrF3N5O4/c23-16-6-15(35-22(24,25)26)2-4-19(16)34-11-20(32)30-7-13-9-31(10-14(13)8-30)21(33)12-1-3-17-18(5-12)28-29-27-17/h1-6,13-14H,7-11H2,(H,27,28,29). The first-order valence-corrected chi connectivity index (χ1v) is 11.5. The molecular weight excluding hydrogens is 535 g/mol. The summed E-state index contributed by atoms with van der Waals surface area (Å²) in [5.41, 5.74) is 1.86. The lowest BCUT2D eigenvalue weighted by Gasteiger charge is -2.22. The monoisotopic (exact) mass is 553 g/mol. The molecule has 13 heteroatoms. The summed E-state index contributed by atoms with van der Waals surface area (Å²) in [5.74, 6) is -0.124. The van der Waals surface area contributed by atoms with Crippen molar-refractivity contribution in [2.75, 3.05) is 32.8 Å². The number of hydrogen-bond donors (Lipinski definition) is 1. The Morgan fingerprint density at radius 2 is 1.69 bits per heavy atom. The number of aromatic nitrogens is 3. The summed E-state index contributed by atoms with van der Waals surface area (Å²) >= 11 is 3.13. The first-order chi connectivity index (χ1) is 16.7. The van der Waals surface area contributed by atoms with Gasteiger partial charge in [-0.1, -0.05) is 0 Å². The number of amides is 2. The lowest BCUT2D eigenvalue weighted by Crippen LogP contribution is -2.37. The van der Waals surface area contributed by atoms with Gasteiger partial charge in [-0.3, -0.25) is 9.59 Å². The maximum absolute atomic E-state index is 12.9. The molecule has 35 heavy (non-hydrogen) atoms. The lowest BCUT2D eigenvalue weighted by atomic mass is 10.0. The number of carbonyl (C=O) groups is 2. The molecule has 2 saturated heterocycles. The van der Waals surface area contributed by atoms with E-state index in [1.165, 1.54) is 6.07 Å². The van der Waals surface area contributed by atoms with Crippen LogP contribution in [0.3, 0.4) is 0 Å². The van der Waals surface area contributed by atoms with Crippen molar-refractivity contribution in [3.8, 4) is 11.5 Å². The van der Waals surface area contributed by atoms with Crippen LogP contribution in [0.5, 0.6) is 11.5 Å². The van der Waals surface area contributed by atoms with Crippen LogP contribution in [0.4, 0.5) is 13.2 Å². The zero-order valence-electron chi connectivity index (χ0n) is 18.1. The van der Waals surface area contributed by atoms with Crippen LogP contribution >= 0.6 is 15.9 Å². The van der Waals surface area contributed by atoms with Crippen molar-refractivity contribution < 1.29 is 32.2 Å². The molecule has 184 valence electrons. The van der Waals surface area contributed by atoms with E-state index in [2.05, 4.69) is 36.1 Å². The highest BCUT2D eigenvalue weighted by molar-refractivity contribution is 9.10. The Bertz CT molecular complexity index is 1270. The third kappa shape index (κ3) is 5.04. The van der Waals surface area contributed by atoms with Gasteiger partial charge >= 0.3 is 6.36 Å². The summed E-state index contributed by atoms with van der Waals surface area (Å²) in [6, 6.07) is 8.73. The number of ether oxygens (including phenoxy) is 2. The van der Waals surface area contributed by atoms with E-state index in [9.17, 15) is 22.8 Å². The number of nitrogens with zero attached hydrogens (tertiary/aromatic N) is 4. The van der Waals surface area contributed by atoms with Crippen molar-refractivity contribution in [1.82, 2.24) is 25.2 Å². The van der Waals surface area contributed by atoms with Gasteiger partial charge in [0.05, 0.1) is 4.47 Å². The van der Waals surface area contributed by atoms with Gasteiger partial charge in [-0.05, 0) is 52.3 Å². The molecule has 3 aromatic rings. The largest absolute Gasteiger partial charge is 0.573 e. The molecule has 1 aromatic heterocycles. The highest BCUT2D eigenvalue weighted by Gasteiger charge is 2.43. The summed E-state index contributed by atoms with van der Waals surface area (Å²) < 4.78 is 46.7. The van der Waals surface area contributed by atoms with Gasteiger partial charge in [0.1, 0.15) is 22.5 Å². The van der Waals surface area contributed by atoms with E-state index < -0.39 is 12.1 Å². The summed E-state index contributed by atoms with van der Waals surface area (Å²) in [7, 11) is 0. The fourth-order valence-corrected chi connectivity index (χ4v) is 5.02. The van der Waals surface area contributed by atoms with Crippen molar-refractivity contribution >= 4 is 38.8 Å². The molecule has 0 spiro atoms. The van der Waals surface area contributed by atoms with Crippen molar-refractivity contribution in [2.45, 2.75) is 6.36 Å². The van der Waals surface area contributed by atoms with E-state index in [4.69, 9.17) is 4.74 Å². The molecular formula is C22H19BrF3N5O4. The SMILES string of the molecule is O=C(COc1ccc(OC(F)(F)F)cc1Br)N1CC2CN(C(=O)c3ccc4n[nH]nc4c3)CC2C1. The Balaban J connectivity index is 1.13. The van der Waals surface area contributed by atoms with E-state index >= 15 is 0 Å². The number of benzene rings is 2. The van der Waals surface area contributed by atoms with Gasteiger partial charge in [-0.15, -0.1) is 13.2 Å². The number of hydrogen-bond acceptors (Lipinski definition) is 6. The molecule has 1 N–H and O–H groups in total. The second-order valence-corrected chi connectivity index (χ2v) is 9.34. The number of nitrogens with one attached hydrogen (secondary N) is 1. The van der Waals surface area contributed by atoms with E-state index in [1.807, 2.05) is 0 Å². The highest BCUT2D eigenvalue weighted by atomic mass is 79.9. The molecule has 2 amide bonds. The summed E-state index contributed by atoms with van der Waals surface area (Å²) in [5, 5.41) is 10.5. The maximum atomic E-state index is 12.9. The molecule has 0 bridgehead atoms. The molecule has 2 aliphatic rings. The Morgan fingerprint density at radius 1 is 1.00 bits per heavy atom. The second-order valence-electron chi connectivity index (χ2n) is 8.48. The molecule has 2 unspecified atom stereocenters. The first-order valence-electron chi connectivity index (χ1n) is 10.7. The zero-order chi connectivity index (χ0) is 24.7. The van der Waals surface area contributed by atoms with Crippen LogP contribution in [0.1, 0.15) is 10.4 Å². The van der Waals surface area contributed by atoms with Gasteiger partial charge in [0, 0.05) is 43.6 Å². The van der Waals surface area contributed by atoms with Crippen molar-refractivity contribution in [3.63, 3.8) is 0 Å². The summed E-state index contributed by atoms with van der Waals surface area (Å²) in [6.45, 7) is 1.88. The minimum Gasteiger partial charge on any atom is -0.483 e. The van der Waals surface area contributed by atoms with Gasteiger partial charge in [-0.2, -0.15) is 15.4 Å². The molecule has 0 radical (unpaired) electrons. The number of H-pyrrole nitrogens is 1. The lowest BCUT2D eigenvalue weighted by molar-refractivity contribution is -0.274. The van der Waals surface area contributed by atoms with Crippen LogP contribution in [0.15, 0.2) is 40.9 Å². The van der Waals surface area contributed by atoms with Crippen LogP contribution in [-0.2, 0) is 4.79 Å². The maximum Gasteiger partial charge on any atom is 0.573 e. The number of fused-ring (bicyclic) bond motifs is 2. The second kappa shape index (κ2) is 9.02. The number of halogens is 4. The predicted octanol–water partition coefficient (Wildman–Crippen LogP) is 3.23. The fourth-order valence-electron chi connectivity index (χ4n) is 4.54. The Morgan fingerprint density at radius 3 is 2.37 bits per heavy atom. The molecule has 2 fully saturated rings. The quantitative estimate of drug-likeness (QED) is 0.520. The number of rotatable bonds is 5. The van der Waals surface area contributed by atoms with E-state index in [-0.39, 0.29) is 40.5 Å². The van der Waals surface area contributed by atoms with Crippen LogP contribution < -0.4 is 9.47 Å². The van der Waals surface area contributed by atoms with Crippen molar-refractivity contribution in [2.24, 2.45) is 11.8 Å². The predicted molar refractivity (Wildman–Crippen MR) is 120 cm³/mol. The topological polar surface area (TPSA) is 101 Å². The zero-order valence-corrected chi connectivity index (χ0v) is 19.7. The average Bonchev–Trinajstić information content (AvgIpc) is 3.51. The van der Waals surface area contributed by atoms with Crippen LogP contribution in [0, 0.1) is 11.8 Å². The summed E-state index contributed by atoms with van der Waals surface area (Å²) in [4.78, 5) is 29.1. The van der Waals surface area contributed by atoms with Gasteiger partial charge in [-0.25, -0.2) is 0 Å². The molecule has 2 aliphatic heterocycles. The van der Waals surface area contributed by atoms with Gasteiger partial charge < -0.3 is 19.3 Å². The Labute approximate surface area is 205 Å². The first kappa shape index (κ1) is 23.4. The minimum absolute atomic E-state index is 0.0756. The highest BCUT2D eigenvalue weighted by Crippen LogP contribution is 2.34. The molecule has 2 atom stereocenters. The molecule has 3 heterocycles. The number of carbonyl (C=O) groups excluding carboxylic acids is 2. The number of likely N-dealkylation sites (tertiary alicyclic amines) is 2. The van der Waals surface area contributed by atoms with E-state index in [1.54, 1.807) is 28.0 Å². The minimum atomic E-state index is -4.80. The third-order valence-corrected chi connectivity index (χ3v) is 6.80. The Kier molecular flexibility index (Phi) is 6.03. The van der Waals surface area contributed by atoms with Crippen LogP contribution in [0.25, 0.3) is 11.0 Å².